The molecule has 0 aromatic heterocycles. The van der Waals surface area contributed by atoms with Crippen molar-refractivity contribution in [3.63, 3.8) is 0 Å². The Bertz CT molecular complexity index is 940. The third-order valence-corrected chi connectivity index (χ3v) is 4.26. The second-order valence-corrected chi connectivity index (χ2v) is 6.05. The minimum atomic E-state index is -1.30. The Morgan fingerprint density at radius 2 is 1.67 bits per heavy atom. The molecule has 2 N–H and O–H groups in total. The summed E-state index contributed by atoms with van der Waals surface area (Å²) in [7, 11) is 1.05. The maximum absolute atomic E-state index is 14.4. The van der Waals surface area contributed by atoms with E-state index >= 15 is 0 Å². The normalized spacial score (nSPS) is 16.4. The average molecular weight is 388 g/mol. The molecule has 0 amide bonds. The first kappa shape index (κ1) is 18.7. The zero-order valence-electron chi connectivity index (χ0n) is 14.1. The van der Waals surface area contributed by atoms with E-state index < -0.39 is 35.0 Å². The predicted octanol–water partition coefficient (Wildman–Crippen LogP) is 2.64. The zero-order valence-corrected chi connectivity index (χ0v) is 14.9. The zero-order chi connectivity index (χ0) is 19.6. The van der Waals surface area contributed by atoms with Crippen LogP contribution in [0.5, 0.6) is 0 Å². The van der Waals surface area contributed by atoms with Crippen molar-refractivity contribution in [2.24, 2.45) is 0 Å². The molecular formula is C19H14F2N2O3S. The highest BCUT2D eigenvalue weighted by molar-refractivity contribution is 7.80. The summed E-state index contributed by atoms with van der Waals surface area (Å²) in [5.74, 6) is -3.94. The topological polar surface area (TPSA) is 67.4 Å². The second-order valence-electron chi connectivity index (χ2n) is 5.64. The molecule has 0 spiro atoms. The van der Waals surface area contributed by atoms with E-state index in [0.29, 0.717) is 5.56 Å². The lowest BCUT2D eigenvalue weighted by atomic mass is 9.89. The van der Waals surface area contributed by atoms with Gasteiger partial charge < -0.3 is 15.4 Å². The Kier molecular flexibility index (Phi) is 5.27. The lowest BCUT2D eigenvalue weighted by Crippen LogP contribution is -2.46. The number of nitrogens with one attached hydrogen (secondary N) is 2. The molecule has 5 nitrogen and oxygen atoms in total. The molecule has 2 aromatic carbocycles. The number of hydrogen-bond donors (Lipinski definition) is 2. The summed E-state index contributed by atoms with van der Waals surface area (Å²) in [6, 6.07) is 10.6. The number of ether oxygens (including phenoxy) is 1. The fraction of sp³-hybridized carbons (Fsp3) is 0.105. The Hall–Kier alpha value is -3.13. The number of hydrogen-bond acceptors (Lipinski definition) is 4. The molecule has 0 saturated heterocycles. The van der Waals surface area contributed by atoms with Gasteiger partial charge in [0.15, 0.2) is 5.11 Å². The smallest absolute Gasteiger partial charge is 0.379 e. The van der Waals surface area contributed by atoms with Gasteiger partial charge in [-0.15, -0.1) is 0 Å². The van der Waals surface area contributed by atoms with E-state index in [2.05, 4.69) is 15.4 Å². The van der Waals surface area contributed by atoms with Gasteiger partial charge in [-0.25, -0.2) is 13.6 Å². The molecular weight excluding hydrogens is 374 g/mol. The van der Waals surface area contributed by atoms with Gasteiger partial charge in [-0.3, -0.25) is 4.79 Å². The van der Waals surface area contributed by atoms with Gasteiger partial charge in [-0.1, -0.05) is 36.4 Å². The number of halogens is 2. The largest absolute Gasteiger partial charge is 0.463 e. The molecule has 1 heterocycles. The molecule has 27 heavy (non-hydrogen) atoms. The van der Waals surface area contributed by atoms with Gasteiger partial charge in [0.1, 0.15) is 11.6 Å². The minimum absolute atomic E-state index is 0.0583. The number of ketones is 1. The first-order valence-corrected chi connectivity index (χ1v) is 8.28. The third kappa shape index (κ3) is 3.56. The van der Waals surface area contributed by atoms with Crippen LogP contribution in [0.25, 0.3) is 5.70 Å². The van der Waals surface area contributed by atoms with Crippen LogP contribution in [0.4, 0.5) is 8.78 Å². The van der Waals surface area contributed by atoms with Gasteiger partial charge in [0.05, 0.1) is 30.0 Å². The Morgan fingerprint density at radius 3 is 2.26 bits per heavy atom. The summed E-state index contributed by atoms with van der Waals surface area (Å²) in [6.07, 6.45) is 0. The molecule has 0 fully saturated rings. The fourth-order valence-corrected chi connectivity index (χ4v) is 3.07. The van der Waals surface area contributed by atoms with Crippen LogP contribution in [-0.2, 0) is 14.3 Å². The number of methoxy groups -OCH3 is 1. The van der Waals surface area contributed by atoms with Crippen molar-refractivity contribution >= 4 is 34.8 Å². The van der Waals surface area contributed by atoms with Crippen molar-refractivity contribution in [1.29, 1.82) is 0 Å². The maximum atomic E-state index is 14.4. The highest BCUT2D eigenvalue weighted by Gasteiger charge is 2.38. The molecule has 2 aromatic rings. The molecule has 0 bridgehead atoms. The molecule has 1 aliphatic rings. The molecule has 1 aliphatic heterocycles. The number of thiocarbonyl (C=S) groups is 1. The van der Waals surface area contributed by atoms with E-state index in [1.807, 2.05) is 0 Å². The standard InChI is InChI=1S/C19H14F2N2O3S/c1-26-18(25)17(24)14-15(10-6-3-2-4-7-10)22-19(27)23-16(14)13-11(20)8-5-9-12(13)21/h2-9,16H,1H3,(H2,22,23,27)/t16-/m0/s1. The summed E-state index contributed by atoms with van der Waals surface area (Å²) < 4.78 is 33.4. The van der Waals surface area contributed by atoms with Gasteiger partial charge in [0, 0.05) is 0 Å². The van der Waals surface area contributed by atoms with Crippen molar-refractivity contribution < 1.29 is 23.1 Å². The first-order valence-electron chi connectivity index (χ1n) is 7.87. The van der Waals surface area contributed by atoms with Gasteiger partial charge in [-0.05, 0) is 29.9 Å². The van der Waals surface area contributed by atoms with Crippen LogP contribution in [0.1, 0.15) is 17.2 Å². The summed E-state index contributed by atoms with van der Waals surface area (Å²) in [5.41, 5.74) is 0.102. The monoisotopic (exact) mass is 388 g/mol. The van der Waals surface area contributed by atoms with Crippen molar-refractivity contribution in [2.75, 3.05) is 7.11 Å². The van der Waals surface area contributed by atoms with Gasteiger partial charge >= 0.3 is 5.97 Å². The Balaban J connectivity index is 2.29. The summed E-state index contributed by atoms with van der Waals surface area (Å²) in [5, 5.41) is 5.54. The fourth-order valence-electron chi connectivity index (χ4n) is 2.85. The number of rotatable bonds is 4. The maximum Gasteiger partial charge on any atom is 0.379 e. The first-order chi connectivity index (χ1) is 12.9. The minimum Gasteiger partial charge on any atom is -0.463 e. The van der Waals surface area contributed by atoms with E-state index in [1.165, 1.54) is 6.07 Å². The quantitative estimate of drug-likeness (QED) is 0.477. The molecule has 0 radical (unpaired) electrons. The molecule has 1 atom stereocenters. The molecule has 8 heteroatoms. The van der Waals surface area contributed by atoms with Crippen molar-refractivity contribution in [3.05, 3.63) is 76.9 Å². The van der Waals surface area contributed by atoms with Gasteiger partial charge in [-0.2, -0.15) is 0 Å². The Labute approximate surface area is 159 Å². The highest BCUT2D eigenvalue weighted by Crippen LogP contribution is 2.34. The summed E-state index contributed by atoms with van der Waals surface area (Å²) in [6.45, 7) is 0. The molecule has 0 unspecified atom stereocenters. The molecule has 138 valence electrons. The number of esters is 1. The summed E-state index contributed by atoms with van der Waals surface area (Å²) >= 11 is 5.15. The lowest BCUT2D eigenvalue weighted by molar-refractivity contribution is -0.150. The average Bonchev–Trinajstić information content (AvgIpc) is 2.67. The van der Waals surface area contributed by atoms with E-state index in [9.17, 15) is 18.4 Å². The van der Waals surface area contributed by atoms with Gasteiger partial charge in [0.2, 0.25) is 0 Å². The van der Waals surface area contributed by atoms with Crippen molar-refractivity contribution in [1.82, 2.24) is 10.6 Å². The van der Waals surface area contributed by atoms with Crippen LogP contribution in [0.15, 0.2) is 54.1 Å². The van der Waals surface area contributed by atoms with Crippen molar-refractivity contribution in [2.45, 2.75) is 6.04 Å². The molecule has 0 aliphatic carbocycles. The van der Waals surface area contributed by atoms with Crippen LogP contribution >= 0.6 is 12.2 Å². The van der Waals surface area contributed by atoms with E-state index in [4.69, 9.17) is 12.2 Å². The van der Waals surface area contributed by atoms with E-state index in [0.717, 1.165) is 19.2 Å². The number of Topliss-reactive ketones (excluding diaryl/α,β-unsaturated/α-hetero) is 1. The van der Waals surface area contributed by atoms with Crippen LogP contribution in [0, 0.1) is 11.6 Å². The van der Waals surface area contributed by atoms with Crippen LogP contribution in [0.2, 0.25) is 0 Å². The van der Waals surface area contributed by atoms with E-state index in [1.54, 1.807) is 30.3 Å². The second kappa shape index (κ2) is 7.63. The van der Waals surface area contributed by atoms with Crippen LogP contribution in [0.3, 0.4) is 0 Å². The van der Waals surface area contributed by atoms with Crippen LogP contribution in [-0.4, -0.2) is 24.0 Å². The predicted molar refractivity (Wildman–Crippen MR) is 98.4 cm³/mol. The summed E-state index contributed by atoms with van der Waals surface area (Å²) in [4.78, 5) is 24.7. The van der Waals surface area contributed by atoms with Crippen molar-refractivity contribution in [3.8, 4) is 0 Å². The Morgan fingerprint density at radius 1 is 1.04 bits per heavy atom. The lowest BCUT2D eigenvalue weighted by Gasteiger charge is -2.31. The number of benzene rings is 2. The number of carbonyl (C=O) groups excluding carboxylic acids is 2. The SMILES string of the molecule is COC(=O)C(=O)C1=C(c2ccccc2)NC(=S)N[C@H]1c1c(F)cccc1F. The van der Waals surface area contributed by atoms with Crippen LogP contribution < -0.4 is 10.6 Å². The number of carbonyl (C=O) groups is 2. The molecule has 0 saturated carbocycles. The highest BCUT2D eigenvalue weighted by atomic mass is 32.1. The van der Waals surface area contributed by atoms with Gasteiger partial charge in [0.25, 0.3) is 5.78 Å². The van der Waals surface area contributed by atoms with E-state index in [-0.39, 0.29) is 16.4 Å². The molecule has 3 rings (SSSR count). The third-order valence-electron chi connectivity index (χ3n) is 4.04.